The maximum absolute atomic E-state index is 13.5. The van der Waals surface area contributed by atoms with Gasteiger partial charge in [-0.25, -0.2) is 4.79 Å². The lowest BCUT2D eigenvalue weighted by molar-refractivity contribution is -0.147. The van der Waals surface area contributed by atoms with Gasteiger partial charge in [-0.3, -0.25) is 9.59 Å². The van der Waals surface area contributed by atoms with Gasteiger partial charge in [-0.15, -0.1) is 18.2 Å². The van der Waals surface area contributed by atoms with Gasteiger partial charge < -0.3 is 25.4 Å². The van der Waals surface area contributed by atoms with Crippen molar-refractivity contribution in [2.75, 3.05) is 12.5 Å². The number of rotatable bonds is 9. The Balaban J connectivity index is 1.80. The molecule has 1 heterocycles. The molecule has 0 spiro atoms. The summed E-state index contributed by atoms with van der Waals surface area (Å²) in [5.41, 5.74) is -0.280. The van der Waals surface area contributed by atoms with Crippen molar-refractivity contribution >= 4 is 29.7 Å². The van der Waals surface area contributed by atoms with E-state index in [1.54, 1.807) is 44.2 Å². The molecule has 0 aliphatic carbocycles. The Morgan fingerprint density at radius 3 is 2.48 bits per heavy atom. The van der Waals surface area contributed by atoms with Gasteiger partial charge in [0.2, 0.25) is 5.91 Å². The summed E-state index contributed by atoms with van der Waals surface area (Å²) in [6.45, 7) is 2.73. The zero-order valence-electron chi connectivity index (χ0n) is 21.9. The van der Waals surface area contributed by atoms with Gasteiger partial charge in [-0.1, -0.05) is 54.5 Å². The number of alkyl carbamates (subject to hydrolysis) is 1. The molecule has 40 heavy (non-hydrogen) atoms. The largest absolute Gasteiger partial charge is 0.436 e. The van der Waals surface area contributed by atoms with Crippen molar-refractivity contribution in [2.45, 2.75) is 55.9 Å². The van der Waals surface area contributed by atoms with Crippen molar-refractivity contribution in [2.24, 2.45) is 0 Å². The van der Waals surface area contributed by atoms with Crippen LogP contribution in [0.5, 0.6) is 0 Å². The second-order valence-electron chi connectivity index (χ2n) is 9.63. The van der Waals surface area contributed by atoms with E-state index in [0.717, 1.165) is 6.07 Å². The zero-order chi connectivity index (χ0) is 29.5. The summed E-state index contributed by atoms with van der Waals surface area (Å²) in [5, 5.41) is 16.1. The normalized spacial score (nSPS) is 17.8. The lowest BCUT2D eigenvalue weighted by Crippen LogP contribution is -2.58. The minimum absolute atomic E-state index is 0.0414. The predicted molar refractivity (Wildman–Crippen MR) is 144 cm³/mol. The number of carbonyl (C=O) groups is 3. The van der Waals surface area contributed by atoms with Crippen LogP contribution in [-0.4, -0.2) is 63.3 Å². The standard InChI is InChI=1S/C28H30F3N3O5S/c1-4-14-39-26(38)33-21(15-18-10-6-5-7-11-18)22(35)25(37)34-17-40-27(2,3)23(34)24(36)32-16-19-12-8-9-13-20(19)28(29,30)31/h1,5-13,21-23,35H,14-17H2,2-3H3,(H,32,36)(H,33,38)/t21?,22-,23+/m0/s1. The number of thioether (sulfide) groups is 1. The third kappa shape index (κ3) is 7.70. The fourth-order valence-corrected chi connectivity index (χ4v) is 5.53. The van der Waals surface area contributed by atoms with E-state index in [0.29, 0.717) is 5.56 Å². The SMILES string of the molecule is C#CCOC(=O)NC(Cc1ccccc1)[C@H](O)C(=O)N1CSC(C)(C)[C@H]1C(=O)NCc1ccccc1C(F)(F)F. The van der Waals surface area contributed by atoms with Crippen LogP contribution in [0.25, 0.3) is 0 Å². The van der Waals surface area contributed by atoms with Crippen LogP contribution in [0, 0.1) is 12.3 Å². The molecule has 1 aliphatic heterocycles. The molecule has 1 fully saturated rings. The van der Waals surface area contributed by atoms with Crippen molar-refractivity contribution in [3.05, 3.63) is 71.3 Å². The van der Waals surface area contributed by atoms with Crippen LogP contribution in [0.15, 0.2) is 54.6 Å². The van der Waals surface area contributed by atoms with E-state index in [1.807, 2.05) is 0 Å². The summed E-state index contributed by atoms with van der Waals surface area (Å²) < 4.78 is 44.2. The molecule has 3 rings (SSSR count). The Bertz CT molecular complexity index is 1250. The van der Waals surface area contributed by atoms with E-state index in [2.05, 4.69) is 16.6 Å². The number of nitrogens with zero attached hydrogens (tertiary/aromatic N) is 1. The quantitative estimate of drug-likeness (QED) is 0.395. The summed E-state index contributed by atoms with van der Waals surface area (Å²) in [4.78, 5) is 40.2. The molecular formula is C28H30F3N3O5S. The van der Waals surface area contributed by atoms with Gasteiger partial charge in [-0.05, 0) is 37.5 Å². The summed E-state index contributed by atoms with van der Waals surface area (Å²) >= 11 is 1.28. The first-order valence-electron chi connectivity index (χ1n) is 12.3. The molecule has 3 atom stereocenters. The Morgan fingerprint density at radius 1 is 1.18 bits per heavy atom. The van der Waals surface area contributed by atoms with Crippen molar-refractivity contribution in [1.82, 2.24) is 15.5 Å². The summed E-state index contributed by atoms with van der Waals surface area (Å²) in [6.07, 6.45) is -2.11. The highest BCUT2D eigenvalue weighted by molar-refractivity contribution is 8.00. The average molecular weight is 578 g/mol. The first-order chi connectivity index (χ1) is 18.8. The predicted octanol–water partition coefficient (Wildman–Crippen LogP) is 3.33. The number of nitrogens with one attached hydrogen (secondary N) is 2. The molecule has 1 aliphatic rings. The second kappa shape index (κ2) is 13.1. The van der Waals surface area contributed by atoms with Crippen molar-refractivity contribution in [1.29, 1.82) is 0 Å². The van der Waals surface area contributed by atoms with Gasteiger partial charge in [0.25, 0.3) is 5.91 Å². The number of benzene rings is 2. The average Bonchev–Trinajstić information content (AvgIpc) is 3.24. The number of amides is 3. The van der Waals surface area contributed by atoms with E-state index < -0.39 is 59.1 Å². The van der Waals surface area contributed by atoms with Gasteiger partial charge in [0.1, 0.15) is 6.04 Å². The Morgan fingerprint density at radius 2 is 1.82 bits per heavy atom. The monoisotopic (exact) mass is 577 g/mol. The first kappa shape index (κ1) is 30.8. The highest BCUT2D eigenvalue weighted by atomic mass is 32.2. The fraction of sp³-hybridized carbons (Fsp3) is 0.393. The van der Waals surface area contributed by atoms with E-state index in [9.17, 15) is 32.7 Å². The van der Waals surface area contributed by atoms with Crippen molar-refractivity contribution < 1.29 is 37.4 Å². The van der Waals surface area contributed by atoms with Gasteiger partial charge in [0.15, 0.2) is 12.7 Å². The van der Waals surface area contributed by atoms with Gasteiger partial charge in [0, 0.05) is 11.3 Å². The third-order valence-electron chi connectivity index (χ3n) is 6.38. The molecule has 214 valence electrons. The molecule has 2 aromatic carbocycles. The lowest BCUT2D eigenvalue weighted by Gasteiger charge is -2.33. The van der Waals surface area contributed by atoms with E-state index in [-0.39, 0.29) is 24.5 Å². The number of ether oxygens (including phenoxy) is 1. The van der Waals surface area contributed by atoms with E-state index in [1.165, 1.54) is 34.9 Å². The molecule has 0 aromatic heterocycles. The molecule has 1 unspecified atom stereocenters. The van der Waals surface area contributed by atoms with Gasteiger partial charge in [-0.2, -0.15) is 13.2 Å². The summed E-state index contributed by atoms with van der Waals surface area (Å²) in [5.74, 6) is 0.693. The topological polar surface area (TPSA) is 108 Å². The number of carbonyl (C=O) groups excluding carboxylic acids is 3. The Labute approximate surface area is 234 Å². The minimum Gasteiger partial charge on any atom is -0.436 e. The number of halogens is 3. The lowest BCUT2D eigenvalue weighted by atomic mass is 9.97. The van der Waals surface area contributed by atoms with E-state index in [4.69, 9.17) is 11.2 Å². The number of hydrogen-bond donors (Lipinski definition) is 3. The number of aliphatic hydroxyl groups excluding tert-OH is 1. The molecular weight excluding hydrogens is 547 g/mol. The van der Waals surface area contributed by atoms with Crippen LogP contribution < -0.4 is 10.6 Å². The van der Waals surface area contributed by atoms with Crippen LogP contribution in [0.4, 0.5) is 18.0 Å². The highest BCUT2D eigenvalue weighted by Gasteiger charge is 2.50. The minimum atomic E-state index is -4.60. The van der Waals surface area contributed by atoms with Crippen molar-refractivity contribution in [3.8, 4) is 12.3 Å². The van der Waals surface area contributed by atoms with Gasteiger partial charge in [0.05, 0.1) is 17.5 Å². The molecule has 1 saturated heterocycles. The molecule has 3 N–H and O–H groups in total. The summed E-state index contributed by atoms with van der Waals surface area (Å²) in [6, 6.07) is 11.5. The summed E-state index contributed by atoms with van der Waals surface area (Å²) in [7, 11) is 0. The molecule has 2 aromatic rings. The third-order valence-corrected chi connectivity index (χ3v) is 7.75. The molecule has 3 amide bonds. The fourth-order valence-electron chi connectivity index (χ4n) is 4.39. The smallest absolute Gasteiger partial charge is 0.416 e. The van der Waals surface area contributed by atoms with Crippen LogP contribution >= 0.6 is 11.8 Å². The van der Waals surface area contributed by atoms with Crippen LogP contribution in [0.1, 0.15) is 30.5 Å². The van der Waals surface area contributed by atoms with Crippen LogP contribution in [-0.2, 0) is 33.5 Å². The van der Waals surface area contributed by atoms with Crippen molar-refractivity contribution in [3.63, 3.8) is 0 Å². The highest BCUT2D eigenvalue weighted by Crippen LogP contribution is 2.40. The number of aliphatic hydroxyl groups is 1. The maximum Gasteiger partial charge on any atom is 0.416 e. The zero-order valence-corrected chi connectivity index (χ0v) is 22.7. The molecule has 8 nitrogen and oxygen atoms in total. The second-order valence-corrected chi connectivity index (χ2v) is 11.2. The molecule has 12 heteroatoms. The number of hydrogen-bond acceptors (Lipinski definition) is 6. The Hall–Kier alpha value is -3.69. The molecule has 0 radical (unpaired) electrons. The van der Waals surface area contributed by atoms with Crippen LogP contribution in [0.2, 0.25) is 0 Å². The van der Waals surface area contributed by atoms with Gasteiger partial charge >= 0.3 is 12.3 Å². The number of terminal acetylenes is 1. The number of alkyl halides is 3. The molecule has 0 saturated carbocycles. The first-order valence-corrected chi connectivity index (χ1v) is 13.3. The maximum atomic E-state index is 13.5. The molecule has 0 bridgehead atoms. The van der Waals surface area contributed by atoms with E-state index >= 15 is 0 Å². The van der Waals surface area contributed by atoms with Crippen LogP contribution in [0.3, 0.4) is 0 Å². The Kier molecular flexibility index (Phi) is 10.1.